The Morgan fingerprint density at radius 3 is 0.792 bits per heavy atom. The maximum Gasteiger partial charge on any atom is 0.124 e. The SMILES string of the molecule is COC12C3(Br)[C@]4(Br)C(Br)(Br)[C@@]1(Br)C1(Br)C4(OC)[C@]3(Br)C(Br)(Br)[C@]12Br. The lowest BCUT2D eigenvalue weighted by molar-refractivity contribution is -0.259. The monoisotopic (exact) mass is 971 g/mol. The van der Waals surface area contributed by atoms with E-state index in [1.54, 1.807) is 14.2 Å². The summed E-state index contributed by atoms with van der Waals surface area (Å²) in [4.78, 5) is 0. The molecule has 4 bridgehead atoms. The molecule has 24 heavy (non-hydrogen) atoms. The molecule has 0 aromatic carbocycles. The Morgan fingerprint density at radius 1 is 0.417 bits per heavy atom. The zero-order valence-electron chi connectivity index (χ0n) is 11.6. The standard InChI is InChI=1S/C12H6Br10O2/c1-23-9-3(13)7(17)10(24-2)4(14,5(9,15)11(7,19)20)6(9,16)12(21,22)8(3,10)18/h1-2H3/t3?,4?,5-,6+,7-,8+,9?,10?. The Labute approximate surface area is 223 Å². The van der Waals surface area contributed by atoms with Gasteiger partial charge in [0.25, 0.3) is 0 Å². The highest BCUT2D eigenvalue weighted by atomic mass is 79.9. The van der Waals surface area contributed by atoms with Crippen molar-refractivity contribution in [3.8, 4) is 0 Å². The topological polar surface area (TPSA) is 18.5 Å². The Kier molecular flexibility index (Phi) is 3.82. The Morgan fingerprint density at radius 2 is 0.625 bits per heavy atom. The molecule has 8 atom stereocenters. The molecule has 6 aliphatic carbocycles. The van der Waals surface area contributed by atoms with Gasteiger partial charge in [-0.05, 0) is 0 Å². The van der Waals surface area contributed by atoms with Crippen molar-refractivity contribution in [2.45, 2.75) is 43.6 Å². The van der Waals surface area contributed by atoms with E-state index in [0.717, 1.165) is 0 Å². The third-order valence-electron chi connectivity index (χ3n) is 7.15. The van der Waals surface area contributed by atoms with Gasteiger partial charge in [-0.1, -0.05) is 159 Å². The average molecular weight is 981 g/mol. The number of rotatable bonds is 2. The van der Waals surface area contributed by atoms with Crippen LogP contribution in [-0.2, 0) is 9.47 Å². The quantitative estimate of drug-likeness (QED) is 0.291. The minimum atomic E-state index is -0.663. The molecule has 6 fully saturated rings. The Balaban J connectivity index is 2.07. The van der Waals surface area contributed by atoms with Gasteiger partial charge in [0.15, 0.2) is 0 Å². The largest absolute Gasteiger partial charge is 0.373 e. The van der Waals surface area contributed by atoms with Crippen molar-refractivity contribution in [3.05, 3.63) is 0 Å². The van der Waals surface area contributed by atoms with Gasteiger partial charge in [0.05, 0.1) is 8.65 Å². The molecule has 6 saturated carbocycles. The van der Waals surface area contributed by atoms with E-state index in [0.29, 0.717) is 0 Å². The molecule has 0 heterocycles. The van der Waals surface area contributed by atoms with Gasteiger partial charge in [0.1, 0.15) is 35.0 Å². The number of halogens is 10. The highest BCUT2D eigenvalue weighted by Crippen LogP contribution is 3.14. The lowest BCUT2D eigenvalue weighted by Gasteiger charge is -2.85. The van der Waals surface area contributed by atoms with Crippen LogP contribution in [0, 0.1) is 0 Å². The van der Waals surface area contributed by atoms with Crippen molar-refractivity contribution >= 4 is 159 Å². The fraction of sp³-hybridized carbons (Fsp3) is 1.00. The van der Waals surface area contributed by atoms with Gasteiger partial charge in [-0.3, -0.25) is 0 Å². The summed E-state index contributed by atoms with van der Waals surface area (Å²) in [5.74, 6) is 0. The summed E-state index contributed by atoms with van der Waals surface area (Å²) in [7, 11) is 3.51. The van der Waals surface area contributed by atoms with Crippen molar-refractivity contribution in [3.63, 3.8) is 0 Å². The molecule has 12 heteroatoms. The molecule has 0 N–H and O–H groups in total. The molecule has 6 aliphatic rings. The summed E-state index contributed by atoms with van der Waals surface area (Å²) in [5, 5.41) is 0. The number of ether oxygens (including phenoxy) is 2. The van der Waals surface area contributed by atoms with Crippen LogP contribution < -0.4 is 0 Å². The molecule has 136 valence electrons. The van der Waals surface area contributed by atoms with Crippen molar-refractivity contribution in [1.82, 2.24) is 0 Å². The molecule has 4 unspecified atom stereocenters. The van der Waals surface area contributed by atoms with Gasteiger partial charge in [-0.15, -0.1) is 0 Å². The molecule has 0 aromatic rings. The van der Waals surface area contributed by atoms with E-state index in [1.165, 1.54) is 0 Å². The summed E-state index contributed by atoms with van der Waals surface area (Å²) in [6.07, 6.45) is 0. The first-order chi connectivity index (χ1) is 10.6. The van der Waals surface area contributed by atoms with Crippen LogP contribution in [0.1, 0.15) is 0 Å². The van der Waals surface area contributed by atoms with E-state index >= 15 is 0 Å². The number of hydrogen-bond donors (Lipinski definition) is 0. The van der Waals surface area contributed by atoms with Crippen LogP contribution in [0.15, 0.2) is 0 Å². The van der Waals surface area contributed by atoms with E-state index in [-0.39, 0.29) is 0 Å². The number of alkyl halides is 10. The fourth-order valence-electron chi connectivity index (χ4n) is 6.78. The zero-order chi connectivity index (χ0) is 18.4. The molecular weight excluding hydrogens is 975 g/mol. The van der Waals surface area contributed by atoms with Gasteiger partial charge in [0.2, 0.25) is 0 Å². The molecular formula is C12H6Br10O2. The second-order valence-corrected chi connectivity index (χ2v) is 20.9. The van der Waals surface area contributed by atoms with Gasteiger partial charge in [0, 0.05) is 14.2 Å². The van der Waals surface area contributed by atoms with Gasteiger partial charge < -0.3 is 9.47 Å². The first-order valence-corrected chi connectivity index (χ1v) is 14.5. The van der Waals surface area contributed by atoms with E-state index in [2.05, 4.69) is 159 Å². The van der Waals surface area contributed by atoms with Gasteiger partial charge in [-0.2, -0.15) is 0 Å². The number of methoxy groups -OCH3 is 2. The third kappa shape index (κ3) is 0.946. The minimum absolute atomic E-state index is 0.548. The molecule has 0 aliphatic heterocycles. The smallest absolute Gasteiger partial charge is 0.124 e. The molecule has 0 spiro atoms. The van der Waals surface area contributed by atoms with Crippen molar-refractivity contribution in [2.24, 2.45) is 0 Å². The molecule has 0 amide bonds. The van der Waals surface area contributed by atoms with Crippen molar-refractivity contribution in [1.29, 1.82) is 0 Å². The Hall–Kier alpha value is 4.72. The lowest BCUT2D eigenvalue weighted by atomic mass is 9.39. The van der Waals surface area contributed by atoms with Crippen LogP contribution in [0.25, 0.3) is 0 Å². The summed E-state index contributed by atoms with van der Waals surface area (Å²) in [5.41, 5.74) is -1.33. The van der Waals surface area contributed by atoms with Crippen molar-refractivity contribution in [2.75, 3.05) is 14.2 Å². The average Bonchev–Trinajstić information content (AvgIpc) is 2.72. The second-order valence-electron chi connectivity index (χ2n) is 6.87. The molecule has 6 rings (SSSR count). The molecule has 0 aromatic heterocycles. The maximum absolute atomic E-state index is 6.36. The normalized spacial score (nSPS) is 74.5. The predicted molar refractivity (Wildman–Crippen MR) is 131 cm³/mol. The van der Waals surface area contributed by atoms with Crippen LogP contribution >= 0.6 is 159 Å². The van der Waals surface area contributed by atoms with Crippen LogP contribution in [0.5, 0.6) is 0 Å². The highest BCUT2D eigenvalue weighted by Gasteiger charge is 3.31. The first-order valence-electron chi connectivity index (χ1n) is 6.61. The van der Waals surface area contributed by atoms with Crippen LogP contribution in [0.2, 0.25) is 0 Å². The van der Waals surface area contributed by atoms with Crippen LogP contribution in [0.3, 0.4) is 0 Å². The van der Waals surface area contributed by atoms with Crippen LogP contribution in [0.4, 0.5) is 0 Å². The summed E-state index contributed by atoms with van der Waals surface area (Å²) in [6, 6.07) is 0. The molecule has 2 nitrogen and oxygen atoms in total. The van der Waals surface area contributed by atoms with E-state index in [9.17, 15) is 0 Å². The molecule has 0 saturated heterocycles. The van der Waals surface area contributed by atoms with Crippen molar-refractivity contribution < 1.29 is 9.47 Å². The highest BCUT2D eigenvalue weighted by molar-refractivity contribution is 9.28. The Bertz CT molecular complexity index is 652. The summed E-state index contributed by atoms with van der Waals surface area (Å²) >= 11 is 40.5. The fourth-order valence-corrected chi connectivity index (χ4v) is 26.5. The van der Waals surface area contributed by atoms with Gasteiger partial charge in [-0.25, -0.2) is 0 Å². The number of hydrogen-bond acceptors (Lipinski definition) is 2. The summed E-state index contributed by atoms with van der Waals surface area (Å²) < 4.78 is 8.28. The van der Waals surface area contributed by atoms with E-state index < -0.39 is 43.6 Å². The predicted octanol–water partition coefficient (Wildman–Crippen LogP) is 6.60. The first kappa shape index (κ1) is 20.6. The molecule has 0 radical (unpaired) electrons. The van der Waals surface area contributed by atoms with E-state index in [4.69, 9.17) is 9.47 Å². The van der Waals surface area contributed by atoms with Crippen LogP contribution in [-0.4, -0.2) is 57.8 Å². The lowest BCUT2D eigenvalue weighted by Crippen LogP contribution is -3.06. The minimum Gasteiger partial charge on any atom is -0.373 e. The second kappa shape index (κ2) is 4.45. The summed E-state index contributed by atoms with van der Waals surface area (Å²) in [6.45, 7) is 0. The third-order valence-corrected chi connectivity index (χ3v) is 28.8. The van der Waals surface area contributed by atoms with E-state index in [1.807, 2.05) is 0 Å². The maximum atomic E-state index is 6.36. The zero-order valence-corrected chi connectivity index (χ0v) is 27.5. The van der Waals surface area contributed by atoms with Gasteiger partial charge >= 0.3 is 0 Å².